The molecule has 10 heteroatoms. The molecule has 0 fully saturated rings. The average molecular weight is 240 g/mol. The molecule has 17 heavy (non-hydrogen) atoms. The SMILES string of the molecule is NC(N)=NC(=O)N/N=C/c1ccc([N+](=O)[O-])o1. The van der Waals surface area contributed by atoms with Crippen molar-refractivity contribution >= 4 is 24.1 Å². The highest BCUT2D eigenvalue weighted by molar-refractivity contribution is 5.90. The van der Waals surface area contributed by atoms with Gasteiger partial charge in [0.15, 0.2) is 11.7 Å². The highest BCUT2D eigenvalue weighted by Gasteiger charge is 2.10. The summed E-state index contributed by atoms with van der Waals surface area (Å²) in [5.74, 6) is -0.741. The second-order valence-corrected chi connectivity index (χ2v) is 2.64. The number of urea groups is 1. The zero-order chi connectivity index (χ0) is 12.8. The van der Waals surface area contributed by atoms with E-state index in [1.807, 2.05) is 5.43 Å². The highest BCUT2D eigenvalue weighted by atomic mass is 16.6. The number of nitro groups is 1. The quantitative estimate of drug-likeness (QED) is 0.279. The topological polar surface area (TPSA) is 162 Å². The van der Waals surface area contributed by atoms with E-state index in [1.165, 1.54) is 6.07 Å². The number of rotatable bonds is 3. The predicted octanol–water partition coefficient (Wildman–Crippen LogP) is -0.495. The van der Waals surface area contributed by atoms with E-state index >= 15 is 0 Å². The Hall–Kier alpha value is -2.91. The van der Waals surface area contributed by atoms with Crippen LogP contribution in [0.5, 0.6) is 0 Å². The fourth-order valence-corrected chi connectivity index (χ4v) is 0.803. The van der Waals surface area contributed by atoms with Crippen LogP contribution < -0.4 is 16.9 Å². The van der Waals surface area contributed by atoms with Crippen LogP contribution in [0.25, 0.3) is 0 Å². The van der Waals surface area contributed by atoms with E-state index in [9.17, 15) is 14.9 Å². The van der Waals surface area contributed by atoms with E-state index in [0.717, 1.165) is 12.3 Å². The Morgan fingerprint density at radius 1 is 1.53 bits per heavy atom. The third-order valence-electron chi connectivity index (χ3n) is 1.38. The van der Waals surface area contributed by atoms with Crippen molar-refractivity contribution < 1.29 is 14.1 Å². The molecule has 0 aliphatic rings. The van der Waals surface area contributed by atoms with E-state index in [1.54, 1.807) is 0 Å². The first-order chi connectivity index (χ1) is 7.99. The van der Waals surface area contributed by atoms with Crippen LogP contribution in [-0.2, 0) is 0 Å². The van der Waals surface area contributed by atoms with E-state index in [-0.39, 0.29) is 5.76 Å². The van der Waals surface area contributed by atoms with Crippen LogP contribution in [0.4, 0.5) is 10.7 Å². The molecule has 0 aliphatic heterocycles. The summed E-state index contributed by atoms with van der Waals surface area (Å²) in [6.07, 6.45) is 1.06. The van der Waals surface area contributed by atoms with Gasteiger partial charge in [0.1, 0.15) is 4.92 Å². The van der Waals surface area contributed by atoms with Crippen molar-refractivity contribution in [2.45, 2.75) is 0 Å². The van der Waals surface area contributed by atoms with Gasteiger partial charge in [-0.15, -0.1) is 0 Å². The molecule has 0 atom stereocenters. The van der Waals surface area contributed by atoms with Gasteiger partial charge in [-0.1, -0.05) is 0 Å². The summed E-state index contributed by atoms with van der Waals surface area (Å²) < 4.78 is 4.72. The number of carbonyl (C=O) groups is 1. The third-order valence-corrected chi connectivity index (χ3v) is 1.38. The van der Waals surface area contributed by atoms with Crippen molar-refractivity contribution in [2.75, 3.05) is 0 Å². The molecule has 1 aromatic rings. The maximum Gasteiger partial charge on any atom is 0.433 e. The van der Waals surface area contributed by atoms with Crippen molar-refractivity contribution in [3.8, 4) is 0 Å². The lowest BCUT2D eigenvalue weighted by Gasteiger charge is -1.91. The van der Waals surface area contributed by atoms with Gasteiger partial charge in [-0.25, -0.2) is 10.2 Å². The summed E-state index contributed by atoms with van der Waals surface area (Å²) in [7, 11) is 0. The first-order valence-corrected chi connectivity index (χ1v) is 4.16. The van der Waals surface area contributed by atoms with E-state index in [2.05, 4.69) is 10.1 Å². The number of amides is 2. The number of aliphatic imine (C=N–C) groups is 1. The van der Waals surface area contributed by atoms with Gasteiger partial charge in [0, 0.05) is 0 Å². The predicted molar refractivity (Wildman–Crippen MR) is 57.3 cm³/mol. The van der Waals surface area contributed by atoms with Gasteiger partial charge in [-0.05, 0) is 6.07 Å². The Morgan fingerprint density at radius 3 is 2.76 bits per heavy atom. The molecule has 0 spiro atoms. The molecule has 0 bridgehead atoms. The monoisotopic (exact) mass is 240 g/mol. The second kappa shape index (κ2) is 5.25. The lowest BCUT2D eigenvalue weighted by atomic mass is 10.5. The van der Waals surface area contributed by atoms with Crippen LogP contribution >= 0.6 is 0 Å². The molecule has 90 valence electrons. The van der Waals surface area contributed by atoms with Crippen molar-refractivity contribution in [2.24, 2.45) is 21.6 Å². The largest absolute Gasteiger partial charge is 0.433 e. The van der Waals surface area contributed by atoms with Crippen LogP contribution in [0, 0.1) is 10.1 Å². The fourth-order valence-electron chi connectivity index (χ4n) is 0.803. The summed E-state index contributed by atoms with van der Waals surface area (Å²) in [6.45, 7) is 0. The molecule has 0 aliphatic carbocycles. The number of furan rings is 1. The Morgan fingerprint density at radius 2 is 2.24 bits per heavy atom. The fraction of sp³-hybridized carbons (Fsp3) is 0. The molecule has 0 saturated carbocycles. The maximum absolute atomic E-state index is 10.8. The van der Waals surface area contributed by atoms with E-state index in [0.29, 0.717) is 0 Å². The van der Waals surface area contributed by atoms with Gasteiger partial charge in [0.2, 0.25) is 0 Å². The molecule has 5 N–H and O–H groups in total. The molecule has 2 amide bonds. The Balaban J connectivity index is 2.56. The van der Waals surface area contributed by atoms with Gasteiger partial charge < -0.3 is 15.9 Å². The maximum atomic E-state index is 10.8. The van der Waals surface area contributed by atoms with Crippen molar-refractivity contribution in [1.29, 1.82) is 0 Å². The minimum Gasteiger partial charge on any atom is -0.400 e. The molecule has 0 radical (unpaired) electrons. The first-order valence-electron chi connectivity index (χ1n) is 4.16. The molecular weight excluding hydrogens is 232 g/mol. The molecule has 0 saturated heterocycles. The Labute approximate surface area is 94.1 Å². The van der Waals surface area contributed by atoms with Gasteiger partial charge in [-0.2, -0.15) is 10.1 Å². The summed E-state index contributed by atoms with van der Waals surface area (Å²) >= 11 is 0. The average Bonchev–Trinajstić information content (AvgIpc) is 2.65. The molecule has 1 aromatic heterocycles. The molecule has 10 nitrogen and oxygen atoms in total. The lowest BCUT2D eigenvalue weighted by Crippen LogP contribution is -2.26. The standard InChI is InChI=1S/C7H8N6O4/c8-6(9)11-7(14)12-10-3-4-1-2-5(17-4)13(15)16/h1-3H,(H5,8,9,11,12,14)/b10-3+. The van der Waals surface area contributed by atoms with Gasteiger partial charge >= 0.3 is 11.9 Å². The van der Waals surface area contributed by atoms with Gasteiger partial charge in [0.05, 0.1) is 12.3 Å². The molecular formula is C7H8N6O4. The van der Waals surface area contributed by atoms with Crippen LogP contribution in [0.15, 0.2) is 26.6 Å². The smallest absolute Gasteiger partial charge is 0.400 e. The summed E-state index contributed by atoms with van der Waals surface area (Å²) in [6, 6.07) is 1.59. The minimum atomic E-state index is -0.873. The van der Waals surface area contributed by atoms with Crippen LogP contribution in [-0.4, -0.2) is 23.1 Å². The summed E-state index contributed by atoms with van der Waals surface area (Å²) in [5.41, 5.74) is 11.8. The minimum absolute atomic E-state index is 0.0988. The van der Waals surface area contributed by atoms with Crippen molar-refractivity contribution in [3.63, 3.8) is 0 Å². The van der Waals surface area contributed by atoms with Crippen molar-refractivity contribution in [1.82, 2.24) is 5.43 Å². The van der Waals surface area contributed by atoms with Crippen LogP contribution in [0.1, 0.15) is 5.76 Å². The summed E-state index contributed by atoms with van der Waals surface area (Å²) in [5, 5.41) is 13.7. The zero-order valence-electron chi connectivity index (χ0n) is 8.36. The third kappa shape index (κ3) is 3.99. The number of nitrogens with zero attached hydrogens (tertiary/aromatic N) is 3. The zero-order valence-corrected chi connectivity index (χ0v) is 8.36. The Bertz CT molecular complexity index is 486. The number of hydrogen-bond acceptors (Lipinski definition) is 5. The number of nitrogens with one attached hydrogen (secondary N) is 1. The number of nitrogens with two attached hydrogens (primary N) is 2. The summed E-state index contributed by atoms with van der Waals surface area (Å²) in [4.78, 5) is 23.5. The second-order valence-electron chi connectivity index (χ2n) is 2.64. The van der Waals surface area contributed by atoms with Crippen molar-refractivity contribution in [3.05, 3.63) is 28.0 Å². The van der Waals surface area contributed by atoms with E-state index in [4.69, 9.17) is 15.9 Å². The molecule has 1 heterocycles. The van der Waals surface area contributed by atoms with E-state index < -0.39 is 22.8 Å². The number of hydrazone groups is 1. The highest BCUT2D eigenvalue weighted by Crippen LogP contribution is 2.13. The Kier molecular flexibility index (Phi) is 3.76. The van der Waals surface area contributed by atoms with Crippen LogP contribution in [0.3, 0.4) is 0 Å². The van der Waals surface area contributed by atoms with Crippen LogP contribution in [0.2, 0.25) is 0 Å². The first kappa shape index (κ1) is 12.2. The van der Waals surface area contributed by atoms with Gasteiger partial charge in [0.25, 0.3) is 0 Å². The van der Waals surface area contributed by atoms with Gasteiger partial charge in [-0.3, -0.25) is 10.1 Å². The molecule has 0 aromatic carbocycles. The molecule has 0 unspecified atom stereocenters. The number of guanidine groups is 1. The number of carbonyl (C=O) groups excluding carboxylic acids is 1. The number of hydrogen-bond donors (Lipinski definition) is 3. The molecule has 1 rings (SSSR count). The lowest BCUT2D eigenvalue weighted by molar-refractivity contribution is -0.402. The normalized spacial score (nSPS) is 10.1.